The average molecular weight is 411 g/mol. The lowest BCUT2D eigenvalue weighted by molar-refractivity contribution is -0.146. The number of fused-ring (bicyclic) bond motifs is 1. The molecule has 0 N–H and O–H groups in total. The molecule has 3 aliphatic rings. The van der Waals surface area contributed by atoms with Crippen molar-refractivity contribution in [3.63, 3.8) is 0 Å². The minimum atomic E-state index is -0.773. The molecule has 6 heteroatoms. The van der Waals surface area contributed by atoms with E-state index in [1.165, 1.54) is 11.3 Å². The van der Waals surface area contributed by atoms with E-state index in [0.717, 1.165) is 36.9 Å². The van der Waals surface area contributed by atoms with E-state index in [1.54, 1.807) is 17.2 Å². The first kappa shape index (κ1) is 18.6. The zero-order valence-corrected chi connectivity index (χ0v) is 16.8. The third kappa shape index (κ3) is 3.13. The van der Waals surface area contributed by atoms with Crippen LogP contribution < -0.4 is 5.06 Å². The Balaban J connectivity index is 1.53. The van der Waals surface area contributed by atoms with Crippen molar-refractivity contribution in [2.24, 2.45) is 5.92 Å². The molecule has 2 aromatic carbocycles. The van der Waals surface area contributed by atoms with Crippen LogP contribution in [0.2, 0.25) is 5.02 Å². The SMILES string of the molecule is O=C1[C@H]2[C@@H](c3ccccc3)N(c3ccc(Cl)cc3)O[C@H]2C(=O)N1C1CCCCC1. The fourth-order valence-corrected chi connectivity index (χ4v) is 5.06. The van der Waals surface area contributed by atoms with Crippen molar-refractivity contribution < 1.29 is 14.4 Å². The number of carbonyl (C=O) groups excluding carboxylic acids is 2. The van der Waals surface area contributed by atoms with Gasteiger partial charge in [0.15, 0.2) is 6.10 Å². The molecule has 3 atom stereocenters. The van der Waals surface area contributed by atoms with E-state index in [1.807, 2.05) is 42.5 Å². The normalized spacial score (nSPS) is 27.6. The molecule has 29 heavy (non-hydrogen) atoms. The number of benzene rings is 2. The molecule has 3 fully saturated rings. The number of rotatable bonds is 3. The summed E-state index contributed by atoms with van der Waals surface area (Å²) in [5, 5.41) is 2.34. The summed E-state index contributed by atoms with van der Waals surface area (Å²) >= 11 is 6.04. The first-order valence-electron chi connectivity index (χ1n) is 10.3. The molecule has 150 valence electrons. The number of hydroxylamine groups is 1. The first-order chi connectivity index (χ1) is 14.1. The number of anilines is 1. The lowest BCUT2D eigenvalue weighted by Crippen LogP contribution is -2.44. The maximum absolute atomic E-state index is 13.5. The highest BCUT2D eigenvalue weighted by Gasteiger charge is 2.60. The molecule has 5 rings (SSSR count). The van der Waals surface area contributed by atoms with Crippen molar-refractivity contribution in [2.45, 2.75) is 50.3 Å². The Morgan fingerprint density at radius 3 is 2.24 bits per heavy atom. The molecule has 1 saturated carbocycles. The summed E-state index contributed by atoms with van der Waals surface area (Å²) in [5.41, 5.74) is 1.74. The van der Waals surface area contributed by atoms with Gasteiger partial charge in [0.2, 0.25) is 5.91 Å². The van der Waals surface area contributed by atoms with Gasteiger partial charge in [-0.1, -0.05) is 61.2 Å². The molecule has 0 bridgehead atoms. The highest BCUT2D eigenvalue weighted by Crippen LogP contribution is 2.47. The summed E-state index contributed by atoms with van der Waals surface area (Å²) in [7, 11) is 0. The van der Waals surface area contributed by atoms with E-state index in [9.17, 15) is 9.59 Å². The Morgan fingerprint density at radius 2 is 1.55 bits per heavy atom. The van der Waals surface area contributed by atoms with Gasteiger partial charge in [-0.3, -0.25) is 19.3 Å². The van der Waals surface area contributed by atoms with Crippen molar-refractivity contribution in [3.8, 4) is 0 Å². The summed E-state index contributed by atoms with van der Waals surface area (Å²) < 4.78 is 0. The van der Waals surface area contributed by atoms with Crippen LogP contribution in [0.5, 0.6) is 0 Å². The molecule has 0 aromatic heterocycles. The van der Waals surface area contributed by atoms with Crippen molar-refractivity contribution in [2.75, 3.05) is 5.06 Å². The quantitative estimate of drug-likeness (QED) is 0.698. The van der Waals surface area contributed by atoms with E-state index < -0.39 is 12.0 Å². The van der Waals surface area contributed by atoms with Crippen LogP contribution in [0, 0.1) is 5.92 Å². The highest BCUT2D eigenvalue weighted by molar-refractivity contribution is 6.30. The molecule has 2 heterocycles. The van der Waals surface area contributed by atoms with Gasteiger partial charge in [0.05, 0.1) is 11.7 Å². The van der Waals surface area contributed by atoms with Crippen LogP contribution in [0.4, 0.5) is 5.69 Å². The Labute approximate surface area is 175 Å². The standard InChI is InChI=1S/C23H23ClN2O3/c24-16-11-13-18(14-12-16)26-20(15-7-3-1-4-8-15)19-21(29-26)23(28)25(22(19)27)17-9-5-2-6-10-17/h1,3-4,7-8,11-14,17,19-21H,2,5-6,9-10H2/t19-,20+,21+/m0/s1. The summed E-state index contributed by atoms with van der Waals surface area (Å²) in [6.45, 7) is 0. The monoisotopic (exact) mass is 410 g/mol. The second-order valence-corrected chi connectivity index (χ2v) is 8.48. The van der Waals surface area contributed by atoms with Crippen molar-refractivity contribution in [1.29, 1.82) is 0 Å². The Bertz CT molecular complexity index is 911. The number of amides is 2. The molecular formula is C23H23ClN2O3. The Hall–Kier alpha value is -2.37. The molecule has 0 radical (unpaired) electrons. The van der Waals surface area contributed by atoms with Gasteiger partial charge in [-0.2, -0.15) is 0 Å². The van der Waals surface area contributed by atoms with E-state index >= 15 is 0 Å². The minimum absolute atomic E-state index is 0.0124. The average Bonchev–Trinajstić information content (AvgIpc) is 3.26. The van der Waals surface area contributed by atoms with Crippen LogP contribution in [0.1, 0.15) is 43.7 Å². The third-order valence-electron chi connectivity index (χ3n) is 6.31. The van der Waals surface area contributed by atoms with Gasteiger partial charge in [0.1, 0.15) is 5.92 Å². The molecule has 2 saturated heterocycles. The van der Waals surface area contributed by atoms with Gasteiger partial charge >= 0.3 is 0 Å². The van der Waals surface area contributed by atoms with Gasteiger partial charge in [-0.05, 0) is 42.7 Å². The largest absolute Gasteiger partial charge is 0.277 e. The number of hydrogen-bond acceptors (Lipinski definition) is 4. The van der Waals surface area contributed by atoms with Gasteiger partial charge in [0, 0.05) is 11.1 Å². The van der Waals surface area contributed by atoms with Crippen LogP contribution in [0.3, 0.4) is 0 Å². The van der Waals surface area contributed by atoms with E-state index in [0.29, 0.717) is 5.02 Å². The first-order valence-corrected chi connectivity index (χ1v) is 10.7. The topological polar surface area (TPSA) is 49.9 Å². The predicted molar refractivity (Wildman–Crippen MR) is 110 cm³/mol. The molecule has 2 amide bonds. The number of hydrogen-bond donors (Lipinski definition) is 0. The minimum Gasteiger partial charge on any atom is -0.277 e. The summed E-state index contributed by atoms with van der Waals surface area (Å²) in [4.78, 5) is 34.4. The smallest absolute Gasteiger partial charge is 0.262 e. The molecule has 0 spiro atoms. The van der Waals surface area contributed by atoms with Crippen LogP contribution in [-0.2, 0) is 14.4 Å². The fraction of sp³-hybridized carbons (Fsp3) is 0.391. The zero-order chi connectivity index (χ0) is 20.0. The van der Waals surface area contributed by atoms with E-state index in [-0.39, 0.29) is 23.9 Å². The van der Waals surface area contributed by atoms with E-state index in [4.69, 9.17) is 16.4 Å². The highest BCUT2D eigenvalue weighted by atomic mass is 35.5. The number of likely N-dealkylation sites (tertiary alicyclic amines) is 1. The van der Waals surface area contributed by atoms with Crippen molar-refractivity contribution in [1.82, 2.24) is 4.90 Å². The second kappa shape index (κ2) is 7.47. The lowest BCUT2D eigenvalue weighted by Gasteiger charge is -2.33. The molecule has 2 aromatic rings. The number of imide groups is 1. The van der Waals surface area contributed by atoms with Crippen LogP contribution in [0.25, 0.3) is 0 Å². The van der Waals surface area contributed by atoms with Gasteiger partial charge < -0.3 is 0 Å². The molecule has 1 aliphatic carbocycles. The van der Waals surface area contributed by atoms with Crippen molar-refractivity contribution in [3.05, 3.63) is 65.2 Å². The van der Waals surface area contributed by atoms with Gasteiger partial charge in [-0.25, -0.2) is 5.06 Å². The lowest BCUT2D eigenvalue weighted by atomic mass is 9.90. The third-order valence-corrected chi connectivity index (χ3v) is 6.56. The number of nitrogens with zero attached hydrogens (tertiary/aromatic N) is 2. The Kier molecular flexibility index (Phi) is 4.80. The molecule has 2 aliphatic heterocycles. The predicted octanol–water partition coefficient (Wildman–Crippen LogP) is 4.52. The summed E-state index contributed by atoms with van der Waals surface area (Å²) in [6.07, 6.45) is 4.33. The van der Waals surface area contributed by atoms with Crippen LogP contribution >= 0.6 is 11.6 Å². The number of carbonyl (C=O) groups is 2. The van der Waals surface area contributed by atoms with Gasteiger partial charge in [0.25, 0.3) is 5.91 Å². The maximum atomic E-state index is 13.5. The van der Waals surface area contributed by atoms with Crippen LogP contribution in [-0.4, -0.2) is 28.9 Å². The molecule has 0 unspecified atom stereocenters. The Morgan fingerprint density at radius 1 is 0.862 bits per heavy atom. The van der Waals surface area contributed by atoms with Crippen LogP contribution in [0.15, 0.2) is 54.6 Å². The molecular weight excluding hydrogens is 388 g/mol. The maximum Gasteiger partial charge on any atom is 0.262 e. The summed E-state index contributed by atoms with van der Waals surface area (Å²) in [6, 6.07) is 16.8. The number of halogens is 1. The molecule has 5 nitrogen and oxygen atoms in total. The second-order valence-electron chi connectivity index (χ2n) is 8.05. The fourth-order valence-electron chi connectivity index (χ4n) is 4.94. The van der Waals surface area contributed by atoms with E-state index in [2.05, 4.69) is 0 Å². The van der Waals surface area contributed by atoms with Gasteiger partial charge in [-0.15, -0.1) is 0 Å². The zero-order valence-electron chi connectivity index (χ0n) is 16.0. The van der Waals surface area contributed by atoms with Crippen molar-refractivity contribution >= 4 is 29.1 Å². The summed E-state index contributed by atoms with van der Waals surface area (Å²) in [5.74, 6) is -0.830.